The molecule has 0 atom stereocenters. The molecule has 9 heteroatoms. The molecule has 4 rings (SSSR count). The molecule has 0 unspecified atom stereocenters. The lowest BCUT2D eigenvalue weighted by Gasteiger charge is -2.03. The van der Waals surface area contributed by atoms with Crippen LogP contribution in [0.1, 0.15) is 46.3 Å². The molecule has 1 amide bonds. The summed E-state index contributed by atoms with van der Waals surface area (Å²) in [5.74, 6) is -0.314. The fraction of sp³-hybridized carbons (Fsp3) is 0.273. The highest BCUT2D eigenvalue weighted by Crippen LogP contribution is 2.17. The van der Waals surface area contributed by atoms with Crippen molar-refractivity contribution in [2.75, 3.05) is 0 Å². The average molecular weight is 442 g/mol. The van der Waals surface area contributed by atoms with Gasteiger partial charge < -0.3 is 10.3 Å². The second-order valence-corrected chi connectivity index (χ2v) is 8.06. The van der Waals surface area contributed by atoms with Crippen LogP contribution in [0.25, 0.3) is 11.0 Å². The van der Waals surface area contributed by atoms with E-state index >= 15 is 0 Å². The minimum atomic E-state index is -0.449. The van der Waals surface area contributed by atoms with Gasteiger partial charge in [0.2, 0.25) is 0 Å². The number of nitrogens with one attached hydrogen (secondary N) is 2. The number of imidazole rings is 1. The van der Waals surface area contributed by atoms with E-state index in [9.17, 15) is 13.6 Å². The number of rotatable bonds is 9. The van der Waals surface area contributed by atoms with Gasteiger partial charge in [-0.2, -0.15) is 0 Å². The summed E-state index contributed by atoms with van der Waals surface area (Å²) in [6.45, 7) is 0.0179. The van der Waals surface area contributed by atoms with Crippen LogP contribution in [0.15, 0.2) is 41.9 Å². The number of aryl methyl sites for hydroxylation is 2. The summed E-state index contributed by atoms with van der Waals surface area (Å²) in [5.41, 5.74) is 1.63. The summed E-state index contributed by atoms with van der Waals surface area (Å²) in [4.78, 5) is 28.0. The van der Waals surface area contributed by atoms with Crippen molar-refractivity contribution < 1.29 is 13.6 Å². The lowest BCUT2D eigenvalue weighted by atomic mass is 10.1. The molecule has 2 N–H and O–H groups in total. The summed E-state index contributed by atoms with van der Waals surface area (Å²) in [6, 6.07) is 7.70. The Bertz CT molecular complexity index is 1190. The second-order valence-electron chi connectivity index (χ2n) is 7.12. The predicted molar refractivity (Wildman–Crippen MR) is 115 cm³/mol. The Kier molecular flexibility index (Phi) is 6.61. The number of thiazole rings is 1. The van der Waals surface area contributed by atoms with E-state index in [0.29, 0.717) is 11.2 Å². The molecule has 3 aromatic heterocycles. The van der Waals surface area contributed by atoms with Gasteiger partial charge in [-0.1, -0.05) is 12.5 Å². The zero-order valence-corrected chi connectivity index (χ0v) is 17.5. The van der Waals surface area contributed by atoms with E-state index in [1.54, 1.807) is 11.4 Å². The van der Waals surface area contributed by atoms with Crippen LogP contribution in [-0.2, 0) is 19.4 Å². The van der Waals surface area contributed by atoms with Crippen LogP contribution in [0.3, 0.4) is 0 Å². The molecule has 0 fully saturated rings. The maximum atomic E-state index is 13.7. The maximum absolute atomic E-state index is 13.7. The van der Waals surface area contributed by atoms with Crippen molar-refractivity contribution in [2.45, 2.75) is 38.6 Å². The molecular formula is C22H21F2N5OS. The second kappa shape index (κ2) is 9.74. The molecule has 3 heterocycles. The van der Waals surface area contributed by atoms with Gasteiger partial charge >= 0.3 is 0 Å². The lowest BCUT2D eigenvalue weighted by Crippen LogP contribution is -2.24. The Morgan fingerprint density at radius 3 is 2.71 bits per heavy atom. The van der Waals surface area contributed by atoms with Gasteiger partial charge in [0.05, 0.1) is 22.8 Å². The van der Waals surface area contributed by atoms with E-state index < -0.39 is 5.82 Å². The molecule has 0 saturated heterocycles. The summed E-state index contributed by atoms with van der Waals surface area (Å²) >= 11 is 1.44. The number of hydrogen-bond donors (Lipinski definition) is 2. The van der Waals surface area contributed by atoms with Crippen molar-refractivity contribution in [3.63, 3.8) is 0 Å². The van der Waals surface area contributed by atoms with E-state index in [2.05, 4.69) is 25.3 Å². The number of aromatic nitrogens is 4. The predicted octanol–water partition coefficient (Wildman–Crippen LogP) is 4.58. The number of hydrogen-bond acceptors (Lipinski definition) is 5. The molecule has 4 aromatic rings. The summed E-state index contributed by atoms with van der Waals surface area (Å²) in [7, 11) is 0. The number of para-hydroxylation sites is 1. The molecule has 6 nitrogen and oxygen atoms in total. The zero-order chi connectivity index (χ0) is 21.6. The van der Waals surface area contributed by atoms with E-state index in [0.717, 1.165) is 48.5 Å². The molecule has 0 aliphatic rings. The van der Waals surface area contributed by atoms with Crippen LogP contribution >= 0.6 is 11.3 Å². The fourth-order valence-electron chi connectivity index (χ4n) is 3.25. The minimum Gasteiger partial charge on any atom is -0.345 e. The zero-order valence-electron chi connectivity index (χ0n) is 16.7. The first-order valence-corrected chi connectivity index (χ1v) is 10.9. The third-order valence-corrected chi connectivity index (χ3v) is 5.76. The molecule has 1 aromatic carbocycles. The van der Waals surface area contributed by atoms with Crippen molar-refractivity contribution in [2.24, 2.45) is 0 Å². The van der Waals surface area contributed by atoms with Gasteiger partial charge in [-0.15, -0.1) is 11.3 Å². The Hall–Kier alpha value is -3.20. The molecule has 0 bridgehead atoms. The van der Waals surface area contributed by atoms with Crippen LogP contribution in [0.2, 0.25) is 0 Å². The Balaban J connectivity index is 1.19. The maximum Gasteiger partial charge on any atom is 0.271 e. The van der Waals surface area contributed by atoms with Crippen LogP contribution < -0.4 is 5.32 Å². The van der Waals surface area contributed by atoms with E-state index in [-0.39, 0.29) is 24.0 Å². The van der Waals surface area contributed by atoms with Crippen LogP contribution in [0, 0.1) is 11.6 Å². The summed E-state index contributed by atoms with van der Waals surface area (Å²) in [6.07, 6.45) is 5.85. The van der Waals surface area contributed by atoms with Crippen molar-refractivity contribution in [3.05, 3.63) is 75.8 Å². The standard InChI is InChI=1S/C22H21F2N5OS/c23-14-7-5-11-25-17(14)12-26-22(30)18-13-31-20(28-18)10-3-1-2-9-19-27-16-8-4-6-15(24)21(16)29-19/h4-8,11,13H,1-3,9-10,12H2,(H,26,30)(H,27,29). The number of fused-ring (bicyclic) bond motifs is 1. The number of H-pyrrole nitrogens is 1. The Morgan fingerprint density at radius 2 is 1.87 bits per heavy atom. The molecule has 0 spiro atoms. The van der Waals surface area contributed by atoms with Gasteiger partial charge in [-0.25, -0.2) is 18.7 Å². The SMILES string of the molecule is O=C(NCc1ncccc1F)c1csc(CCCCCc2nc3c(F)cccc3[nH]2)n1. The molecule has 0 aliphatic heterocycles. The topological polar surface area (TPSA) is 83.6 Å². The van der Waals surface area contributed by atoms with Gasteiger partial charge in [-0.05, 0) is 43.5 Å². The van der Waals surface area contributed by atoms with Gasteiger partial charge in [-0.3, -0.25) is 9.78 Å². The van der Waals surface area contributed by atoms with Crippen molar-refractivity contribution in [3.8, 4) is 0 Å². The quantitative estimate of drug-likeness (QED) is 0.373. The number of nitrogens with zero attached hydrogens (tertiary/aromatic N) is 3. The monoisotopic (exact) mass is 441 g/mol. The molecule has 0 saturated carbocycles. The Morgan fingerprint density at radius 1 is 1.03 bits per heavy atom. The molecule has 31 heavy (non-hydrogen) atoms. The van der Waals surface area contributed by atoms with Crippen LogP contribution in [0.5, 0.6) is 0 Å². The molecule has 0 radical (unpaired) electrons. The van der Waals surface area contributed by atoms with Crippen molar-refractivity contribution in [1.82, 2.24) is 25.3 Å². The highest BCUT2D eigenvalue weighted by atomic mass is 32.1. The molecule has 160 valence electrons. The lowest BCUT2D eigenvalue weighted by molar-refractivity contribution is 0.0945. The first-order valence-electron chi connectivity index (χ1n) is 10.1. The first kappa shape index (κ1) is 21.0. The number of benzene rings is 1. The summed E-state index contributed by atoms with van der Waals surface area (Å²) in [5, 5.41) is 5.24. The van der Waals surface area contributed by atoms with Crippen molar-refractivity contribution in [1.29, 1.82) is 0 Å². The number of carbonyl (C=O) groups is 1. The summed E-state index contributed by atoms with van der Waals surface area (Å²) < 4.78 is 27.3. The largest absolute Gasteiger partial charge is 0.345 e. The number of carbonyl (C=O) groups excluding carboxylic acids is 1. The number of amides is 1. The number of pyridine rings is 1. The van der Waals surface area contributed by atoms with Crippen molar-refractivity contribution >= 4 is 28.3 Å². The highest BCUT2D eigenvalue weighted by molar-refractivity contribution is 7.09. The van der Waals surface area contributed by atoms with Gasteiger partial charge in [0.1, 0.15) is 22.9 Å². The van der Waals surface area contributed by atoms with Crippen LogP contribution in [0.4, 0.5) is 8.78 Å². The third kappa shape index (κ3) is 5.29. The fourth-order valence-corrected chi connectivity index (χ4v) is 4.07. The minimum absolute atomic E-state index is 0.0179. The Labute approximate surface area is 181 Å². The normalized spacial score (nSPS) is 11.2. The number of aromatic amines is 1. The van der Waals surface area contributed by atoms with E-state index in [1.807, 2.05) is 6.07 Å². The average Bonchev–Trinajstić information content (AvgIpc) is 3.40. The highest BCUT2D eigenvalue weighted by Gasteiger charge is 2.12. The van der Waals surface area contributed by atoms with Gasteiger partial charge in [0.15, 0.2) is 5.82 Å². The first-order chi connectivity index (χ1) is 15.1. The molecular weight excluding hydrogens is 420 g/mol. The van der Waals surface area contributed by atoms with E-state index in [4.69, 9.17) is 0 Å². The number of halogens is 2. The van der Waals surface area contributed by atoms with Gasteiger partial charge in [0, 0.05) is 18.0 Å². The molecule has 0 aliphatic carbocycles. The van der Waals surface area contributed by atoms with Gasteiger partial charge in [0.25, 0.3) is 5.91 Å². The van der Waals surface area contributed by atoms with Crippen LogP contribution in [-0.4, -0.2) is 25.8 Å². The number of unbranched alkanes of at least 4 members (excludes halogenated alkanes) is 2. The smallest absolute Gasteiger partial charge is 0.271 e. The third-order valence-electron chi connectivity index (χ3n) is 4.85. The van der Waals surface area contributed by atoms with E-state index in [1.165, 1.54) is 35.7 Å².